The number of para-hydroxylation sites is 3. The zero-order valence-corrected chi connectivity index (χ0v) is 45.1. The topological polar surface area (TPSA) is 228 Å². The Morgan fingerprint density at radius 2 is 0.785 bits per heavy atom. The number of aromatic nitrogens is 3. The van der Waals surface area contributed by atoms with E-state index in [0.717, 1.165) is 54.6 Å². The number of aryl methyl sites for hydroxylation is 3. The fourth-order valence-corrected chi connectivity index (χ4v) is 11.5. The Kier molecular flexibility index (Phi) is 15.3. The van der Waals surface area contributed by atoms with E-state index in [2.05, 4.69) is 14.7 Å². The molecule has 20 heteroatoms. The molecule has 19 nitrogen and oxygen atoms in total. The molecule has 3 amide bonds. The lowest BCUT2D eigenvalue weighted by molar-refractivity contribution is 0.0712. The largest absolute Gasteiger partial charge is 0.459 e. The summed E-state index contributed by atoms with van der Waals surface area (Å²) in [4.78, 5) is 87.7. The Labute approximate surface area is 459 Å². The van der Waals surface area contributed by atoms with Gasteiger partial charge in [-0.05, 0) is 53.9 Å². The highest BCUT2D eigenvalue weighted by molar-refractivity contribution is 7.12. The van der Waals surface area contributed by atoms with Crippen LogP contribution in [-0.4, -0.2) is 125 Å². The number of hydrogen-bond acceptors (Lipinski definition) is 14. The van der Waals surface area contributed by atoms with Gasteiger partial charge >= 0.3 is 0 Å². The van der Waals surface area contributed by atoms with Gasteiger partial charge in [0.15, 0.2) is 5.76 Å². The zero-order chi connectivity index (χ0) is 55.5. The number of nitrogen functional groups attached to an aromatic ring is 3. The van der Waals surface area contributed by atoms with Crippen molar-refractivity contribution in [1.29, 1.82) is 0 Å². The second-order valence-electron chi connectivity index (χ2n) is 19.6. The molecule has 3 aliphatic rings. The minimum absolute atomic E-state index is 0.0389. The highest BCUT2D eigenvalue weighted by Gasteiger charge is 2.30. The number of thiophene rings is 1. The predicted molar refractivity (Wildman–Crippen MR) is 315 cm³/mol. The third-order valence-electron chi connectivity index (χ3n) is 15.1. The van der Waals surface area contributed by atoms with E-state index in [1.807, 2.05) is 130 Å². The van der Waals surface area contributed by atoms with Gasteiger partial charge in [0.1, 0.15) is 17.1 Å². The number of benzene rings is 4. The average molecular weight is 1080 g/mol. The third-order valence-corrected chi connectivity index (χ3v) is 15.9. The van der Waals surface area contributed by atoms with Gasteiger partial charge in [0.2, 0.25) is 0 Å². The molecule has 9 aromatic rings. The van der Waals surface area contributed by atoms with Crippen LogP contribution in [-0.2, 0) is 21.1 Å². The van der Waals surface area contributed by atoms with Crippen molar-refractivity contribution in [3.63, 3.8) is 0 Å². The first-order valence-corrected chi connectivity index (χ1v) is 27.0. The number of nitrogens with zero attached hydrogens (tertiary/aromatic N) is 9. The molecular formula is C59H62N12O7S. The summed E-state index contributed by atoms with van der Waals surface area (Å²) in [6.45, 7) is 7.29. The molecule has 0 aliphatic carbocycles. The number of furan rings is 1. The van der Waals surface area contributed by atoms with E-state index in [-0.39, 0.29) is 51.5 Å². The summed E-state index contributed by atoms with van der Waals surface area (Å²) < 4.78 is 9.95. The Balaban J connectivity index is 0.000000134. The Bertz CT molecular complexity index is 3720. The van der Waals surface area contributed by atoms with Crippen LogP contribution in [0.3, 0.4) is 0 Å². The molecule has 79 heavy (non-hydrogen) atoms. The van der Waals surface area contributed by atoms with E-state index in [1.165, 1.54) is 17.6 Å². The third kappa shape index (κ3) is 10.4. The molecule has 5 aromatic heterocycles. The van der Waals surface area contributed by atoms with Gasteiger partial charge in [0.25, 0.3) is 34.4 Å². The molecule has 406 valence electrons. The van der Waals surface area contributed by atoms with Crippen LogP contribution >= 0.6 is 11.3 Å². The number of pyridine rings is 3. The smallest absolute Gasteiger partial charge is 0.289 e. The maximum absolute atomic E-state index is 12.7. The van der Waals surface area contributed by atoms with E-state index < -0.39 is 0 Å². The number of carbonyl (C=O) groups is 3. The highest BCUT2D eigenvalue weighted by Crippen LogP contribution is 2.34. The number of hydrogen-bond donors (Lipinski definition) is 3. The summed E-state index contributed by atoms with van der Waals surface area (Å²) in [6.07, 6.45) is 1.50. The number of rotatable bonds is 6. The lowest BCUT2D eigenvalue weighted by atomic mass is 10.1. The fourth-order valence-electron chi connectivity index (χ4n) is 10.8. The van der Waals surface area contributed by atoms with Crippen LogP contribution < -0.4 is 48.6 Å². The van der Waals surface area contributed by atoms with Crippen molar-refractivity contribution in [2.45, 2.75) is 0 Å². The Morgan fingerprint density at radius 3 is 1.15 bits per heavy atom. The molecule has 8 heterocycles. The highest BCUT2D eigenvalue weighted by atomic mass is 32.1. The standard InChI is InChI=1S/C21H22N4O2.C19H20N4O3.C19H20N4O2S/c1-23-17-10-6-5-9-16(17)19(18(22)21(23)27)24-11-13-25(14-12-24)20(26)15-7-3-2-4-8-15;2*1-21-14-6-3-2-5-13(14)17(16(20)19(21)25)22-8-10-23(11-9-22)18(24)15-7-4-12-26-15/h2-10H,11-14,22H2,1H3;2*2-7,12H,8-11,20H2,1H3. The van der Waals surface area contributed by atoms with Crippen molar-refractivity contribution >= 4 is 95.9 Å². The summed E-state index contributed by atoms with van der Waals surface area (Å²) in [5.74, 6) is 0.340. The minimum atomic E-state index is -0.201. The van der Waals surface area contributed by atoms with Crippen LogP contribution in [0.5, 0.6) is 0 Å². The van der Waals surface area contributed by atoms with Crippen molar-refractivity contribution in [2.75, 3.05) is 110 Å². The van der Waals surface area contributed by atoms with Crippen molar-refractivity contribution in [1.82, 2.24) is 28.4 Å². The van der Waals surface area contributed by atoms with Gasteiger partial charge in [0.05, 0.1) is 44.8 Å². The van der Waals surface area contributed by atoms with Crippen LogP contribution in [0.2, 0.25) is 0 Å². The van der Waals surface area contributed by atoms with E-state index in [9.17, 15) is 28.8 Å². The van der Waals surface area contributed by atoms with Crippen LogP contribution in [0, 0.1) is 0 Å². The normalized spacial score (nSPS) is 14.7. The molecule has 3 fully saturated rings. The van der Waals surface area contributed by atoms with Gasteiger partial charge in [-0.25, -0.2) is 0 Å². The first-order chi connectivity index (χ1) is 38.2. The van der Waals surface area contributed by atoms with Crippen molar-refractivity contribution in [2.24, 2.45) is 21.1 Å². The van der Waals surface area contributed by atoms with Crippen molar-refractivity contribution in [3.8, 4) is 0 Å². The fraction of sp³-hybridized carbons (Fsp3) is 0.254. The minimum Gasteiger partial charge on any atom is -0.459 e. The first kappa shape index (κ1) is 53.1. The summed E-state index contributed by atoms with van der Waals surface area (Å²) in [6, 6.07) is 39.7. The molecule has 12 rings (SSSR count). The van der Waals surface area contributed by atoms with Crippen LogP contribution in [0.1, 0.15) is 30.6 Å². The zero-order valence-electron chi connectivity index (χ0n) is 44.3. The van der Waals surface area contributed by atoms with E-state index in [0.29, 0.717) is 89.9 Å². The SMILES string of the molecule is Cn1c(=O)c(N)c(N2CCN(C(=O)c3ccccc3)CC2)c2ccccc21.Cn1c(=O)c(N)c(N2CCN(C(=O)c3ccco3)CC2)c2ccccc21.Cn1c(=O)c(N)c(N2CCN(C(=O)c3cccs3)CC2)c2ccccc21. The molecule has 4 aromatic carbocycles. The van der Waals surface area contributed by atoms with Crippen molar-refractivity contribution < 1.29 is 18.8 Å². The molecule has 0 bridgehead atoms. The maximum Gasteiger partial charge on any atom is 0.289 e. The molecule has 6 N–H and O–H groups in total. The summed E-state index contributed by atoms with van der Waals surface area (Å²) in [5.41, 5.74) is 24.4. The molecule has 0 unspecified atom stereocenters. The second kappa shape index (κ2) is 22.7. The monoisotopic (exact) mass is 1080 g/mol. The molecule has 0 radical (unpaired) electrons. The van der Waals surface area contributed by atoms with Crippen LogP contribution in [0.25, 0.3) is 32.7 Å². The lowest BCUT2D eigenvalue weighted by Gasteiger charge is -2.37. The number of piperazine rings is 3. The second-order valence-corrected chi connectivity index (χ2v) is 20.5. The number of nitrogens with two attached hydrogens (primary N) is 3. The van der Waals surface area contributed by atoms with Gasteiger partial charge < -0.3 is 64.7 Å². The van der Waals surface area contributed by atoms with E-state index in [1.54, 1.807) is 51.9 Å². The Morgan fingerprint density at radius 1 is 0.418 bits per heavy atom. The number of fused-ring (bicyclic) bond motifs is 3. The van der Waals surface area contributed by atoms with Gasteiger partial charge in [-0.15, -0.1) is 11.3 Å². The molecule has 3 saturated heterocycles. The lowest BCUT2D eigenvalue weighted by Crippen LogP contribution is -2.49. The maximum atomic E-state index is 12.7. The summed E-state index contributed by atoms with van der Waals surface area (Å²) >= 11 is 1.46. The predicted octanol–water partition coefficient (Wildman–Crippen LogP) is 5.90. The summed E-state index contributed by atoms with van der Waals surface area (Å²) in [7, 11) is 5.20. The quantitative estimate of drug-likeness (QED) is 0.176. The number of carbonyl (C=O) groups excluding carboxylic acids is 3. The van der Waals surface area contributed by atoms with Gasteiger partial charge in [-0.3, -0.25) is 28.8 Å². The van der Waals surface area contributed by atoms with E-state index >= 15 is 0 Å². The molecule has 0 spiro atoms. The molecule has 0 atom stereocenters. The van der Waals surface area contributed by atoms with Gasteiger partial charge in [0, 0.05) is 121 Å². The molecular weight excluding hydrogens is 1020 g/mol. The van der Waals surface area contributed by atoms with E-state index in [4.69, 9.17) is 21.6 Å². The van der Waals surface area contributed by atoms with Gasteiger partial charge in [-0.2, -0.15) is 0 Å². The average Bonchev–Trinajstić information content (AvgIpc) is 4.30. The van der Waals surface area contributed by atoms with Crippen molar-refractivity contribution in [3.05, 3.63) is 186 Å². The molecule has 3 aliphatic heterocycles. The molecule has 0 saturated carbocycles. The Hall–Kier alpha value is -9.30. The number of anilines is 6. The van der Waals surface area contributed by atoms with Crippen LogP contribution in [0.15, 0.2) is 158 Å². The first-order valence-electron chi connectivity index (χ1n) is 26.1. The number of amides is 3. The summed E-state index contributed by atoms with van der Waals surface area (Å²) in [5, 5.41) is 4.78. The van der Waals surface area contributed by atoms with Gasteiger partial charge in [-0.1, -0.05) is 78.9 Å². The van der Waals surface area contributed by atoms with Crippen LogP contribution in [0.4, 0.5) is 34.1 Å².